The standard InChI is InChI=1S/C16H24F2N2/c1-11(2)13-4-7-20(8-5-13)16-14(17)9-12(3-6-19)10-15(16)18/h9-11,13H,3-8,19H2,1-2H3. The van der Waals surface area contributed by atoms with Crippen LogP contribution in [0.3, 0.4) is 0 Å². The molecule has 0 aliphatic carbocycles. The fourth-order valence-corrected chi connectivity index (χ4v) is 3.02. The van der Waals surface area contributed by atoms with E-state index in [1.165, 1.54) is 12.1 Å². The van der Waals surface area contributed by atoms with Gasteiger partial charge in [-0.3, -0.25) is 0 Å². The van der Waals surface area contributed by atoms with E-state index in [9.17, 15) is 8.78 Å². The normalized spacial score (nSPS) is 17.0. The Kier molecular flexibility index (Phi) is 4.97. The van der Waals surface area contributed by atoms with Crippen LogP contribution in [-0.4, -0.2) is 19.6 Å². The second kappa shape index (κ2) is 6.53. The van der Waals surface area contributed by atoms with Gasteiger partial charge in [-0.15, -0.1) is 0 Å². The summed E-state index contributed by atoms with van der Waals surface area (Å²) in [6, 6.07) is 2.83. The van der Waals surface area contributed by atoms with Crippen LogP contribution in [0, 0.1) is 23.5 Å². The Morgan fingerprint density at radius 2 is 1.75 bits per heavy atom. The molecule has 1 aliphatic heterocycles. The van der Waals surface area contributed by atoms with E-state index in [-0.39, 0.29) is 5.69 Å². The average molecular weight is 282 g/mol. The van der Waals surface area contributed by atoms with Crippen LogP contribution in [0.25, 0.3) is 0 Å². The Morgan fingerprint density at radius 3 is 2.20 bits per heavy atom. The van der Waals surface area contributed by atoms with E-state index < -0.39 is 11.6 Å². The van der Waals surface area contributed by atoms with Crippen LogP contribution in [0.5, 0.6) is 0 Å². The molecule has 4 heteroatoms. The molecule has 0 aromatic heterocycles. The molecule has 20 heavy (non-hydrogen) atoms. The molecule has 0 radical (unpaired) electrons. The van der Waals surface area contributed by atoms with E-state index in [0.717, 1.165) is 25.9 Å². The monoisotopic (exact) mass is 282 g/mol. The topological polar surface area (TPSA) is 29.3 Å². The summed E-state index contributed by atoms with van der Waals surface area (Å²) in [5.41, 5.74) is 6.19. The zero-order chi connectivity index (χ0) is 14.7. The van der Waals surface area contributed by atoms with Crippen molar-refractivity contribution in [3.8, 4) is 0 Å². The van der Waals surface area contributed by atoms with Gasteiger partial charge in [0.15, 0.2) is 0 Å². The second-order valence-corrected chi connectivity index (χ2v) is 6.02. The van der Waals surface area contributed by atoms with Crippen molar-refractivity contribution < 1.29 is 8.78 Å². The summed E-state index contributed by atoms with van der Waals surface area (Å²) < 4.78 is 28.3. The molecule has 0 amide bonds. The van der Waals surface area contributed by atoms with E-state index in [4.69, 9.17) is 5.73 Å². The van der Waals surface area contributed by atoms with Crippen molar-refractivity contribution in [3.63, 3.8) is 0 Å². The number of halogens is 2. The molecule has 1 saturated heterocycles. The minimum Gasteiger partial charge on any atom is -0.367 e. The molecule has 0 atom stereocenters. The summed E-state index contributed by atoms with van der Waals surface area (Å²) in [7, 11) is 0. The first-order valence-electron chi connectivity index (χ1n) is 7.46. The molecular weight excluding hydrogens is 258 g/mol. The highest BCUT2D eigenvalue weighted by Crippen LogP contribution is 2.31. The summed E-state index contributed by atoms with van der Waals surface area (Å²) in [4.78, 5) is 1.84. The predicted octanol–water partition coefficient (Wildman–Crippen LogP) is 3.34. The van der Waals surface area contributed by atoms with Gasteiger partial charge in [-0.1, -0.05) is 13.8 Å². The van der Waals surface area contributed by atoms with E-state index >= 15 is 0 Å². The van der Waals surface area contributed by atoms with Gasteiger partial charge in [0.2, 0.25) is 0 Å². The molecule has 2 rings (SSSR count). The van der Waals surface area contributed by atoms with Gasteiger partial charge < -0.3 is 10.6 Å². The van der Waals surface area contributed by atoms with Crippen molar-refractivity contribution in [1.29, 1.82) is 0 Å². The van der Waals surface area contributed by atoms with E-state index in [2.05, 4.69) is 13.8 Å². The first-order chi connectivity index (χ1) is 9.52. The number of nitrogens with two attached hydrogens (primary N) is 1. The lowest BCUT2D eigenvalue weighted by molar-refractivity contribution is 0.309. The summed E-state index contributed by atoms with van der Waals surface area (Å²) in [6.45, 7) is 6.28. The summed E-state index contributed by atoms with van der Waals surface area (Å²) >= 11 is 0. The Bertz CT molecular complexity index is 429. The maximum atomic E-state index is 14.2. The highest BCUT2D eigenvalue weighted by atomic mass is 19.1. The lowest BCUT2D eigenvalue weighted by Gasteiger charge is -2.35. The van der Waals surface area contributed by atoms with Gasteiger partial charge in [0.05, 0.1) is 0 Å². The molecule has 0 unspecified atom stereocenters. The maximum Gasteiger partial charge on any atom is 0.149 e. The van der Waals surface area contributed by atoms with Crippen molar-refractivity contribution in [2.45, 2.75) is 33.1 Å². The third-order valence-electron chi connectivity index (χ3n) is 4.31. The fourth-order valence-electron chi connectivity index (χ4n) is 3.02. The number of nitrogens with zero attached hydrogens (tertiary/aromatic N) is 1. The first kappa shape index (κ1) is 15.2. The maximum absolute atomic E-state index is 14.2. The van der Waals surface area contributed by atoms with Gasteiger partial charge in [-0.25, -0.2) is 8.78 Å². The van der Waals surface area contributed by atoms with Crippen LogP contribution in [0.2, 0.25) is 0 Å². The molecule has 1 aliphatic rings. The van der Waals surface area contributed by atoms with Crippen molar-refractivity contribution in [2.75, 3.05) is 24.5 Å². The largest absolute Gasteiger partial charge is 0.367 e. The predicted molar refractivity (Wildman–Crippen MR) is 78.9 cm³/mol. The molecule has 2 N–H and O–H groups in total. The quantitative estimate of drug-likeness (QED) is 0.917. The van der Waals surface area contributed by atoms with Gasteiger partial charge >= 0.3 is 0 Å². The van der Waals surface area contributed by atoms with Gasteiger partial charge in [0.1, 0.15) is 17.3 Å². The van der Waals surface area contributed by atoms with Crippen LogP contribution in [0.4, 0.5) is 14.5 Å². The number of hydrogen-bond donors (Lipinski definition) is 1. The van der Waals surface area contributed by atoms with Crippen LogP contribution in [0.15, 0.2) is 12.1 Å². The molecule has 0 spiro atoms. The Balaban J connectivity index is 2.14. The smallest absolute Gasteiger partial charge is 0.149 e. The molecule has 112 valence electrons. The van der Waals surface area contributed by atoms with Crippen molar-refractivity contribution in [1.82, 2.24) is 0 Å². The van der Waals surface area contributed by atoms with Gasteiger partial charge in [-0.05, 0) is 55.3 Å². The molecular formula is C16H24F2N2. The van der Waals surface area contributed by atoms with E-state index in [1.807, 2.05) is 4.90 Å². The number of rotatable bonds is 4. The van der Waals surface area contributed by atoms with Crippen molar-refractivity contribution in [3.05, 3.63) is 29.3 Å². The minimum absolute atomic E-state index is 0.132. The highest BCUT2D eigenvalue weighted by Gasteiger charge is 2.25. The molecule has 1 heterocycles. The lowest BCUT2D eigenvalue weighted by Crippen LogP contribution is -2.36. The summed E-state index contributed by atoms with van der Waals surface area (Å²) in [5.74, 6) is 0.376. The molecule has 0 saturated carbocycles. The molecule has 2 nitrogen and oxygen atoms in total. The van der Waals surface area contributed by atoms with Crippen molar-refractivity contribution in [2.24, 2.45) is 17.6 Å². The third kappa shape index (κ3) is 3.29. The minimum atomic E-state index is -0.462. The average Bonchev–Trinajstić information content (AvgIpc) is 2.39. The lowest BCUT2D eigenvalue weighted by atomic mass is 9.86. The van der Waals surface area contributed by atoms with Crippen LogP contribution in [0.1, 0.15) is 32.3 Å². The first-order valence-corrected chi connectivity index (χ1v) is 7.46. The molecule has 0 bridgehead atoms. The molecule has 1 aromatic rings. The van der Waals surface area contributed by atoms with Gasteiger partial charge in [-0.2, -0.15) is 0 Å². The zero-order valence-corrected chi connectivity index (χ0v) is 12.3. The number of hydrogen-bond acceptors (Lipinski definition) is 2. The summed E-state index contributed by atoms with van der Waals surface area (Å²) in [5, 5.41) is 0. The SMILES string of the molecule is CC(C)C1CCN(c2c(F)cc(CCN)cc2F)CC1. The van der Waals surface area contributed by atoms with Gasteiger partial charge in [0.25, 0.3) is 0 Å². The Hall–Kier alpha value is -1.16. The van der Waals surface area contributed by atoms with E-state index in [1.54, 1.807) is 0 Å². The molecule has 1 aromatic carbocycles. The number of benzene rings is 1. The fraction of sp³-hybridized carbons (Fsp3) is 0.625. The second-order valence-electron chi connectivity index (χ2n) is 6.02. The van der Waals surface area contributed by atoms with Gasteiger partial charge in [0, 0.05) is 13.1 Å². The number of piperidine rings is 1. The molecule has 1 fully saturated rings. The Labute approximate surface area is 120 Å². The van der Waals surface area contributed by atoms with Crippen LogP contribution >= 0.6 is 0 Å². The zero-order valence-electron chi connectivity index (χ0n) is 12.3. The van der Waals surface area contributed by atoms with Crippen LogP contribution < -0.4 is 10.6 Å². The van der Waals surface area contributed by atoms with Crippen molar-refractivity contribution >= 4 is 5.69 Å². The van der Waals surface area contributed by atoms with Crippen LogP contribution in [-0.2, 0) is 6.42 Å². The highest BCUT2D eigenvalue weighted by molar-refractivity contribution is 5.51. The third-order valence-corrected chi connectivity index (χ3v) is 4.31. The summed E-state index contributed by atoms with van der Waals surface area (Å²) in [6.07, 6.45) is 2.51. The Morgan fingerprint density at radius 1 is 1.20 bits per heavy atom. The van der Waals surface area contributed by atoms with E-state index in [0.29, 0.717) is 30.4 Å². The number of anilines is 1.